The fourth-order valence-electron chi connectivity index (χ4n) is 2.50. The Morgan fingerprint density at radius 2 is 1.94 bits per heavy atom. The van der Waals surface area contributed by atoms with Gasteiger partial charge in [0.25, 0.3) is 0 Å². The number of rotatable bonds is 10. The minimum atomic E-state index is -0.959. The Kier molecular flexibility index (Phi) is 7.92. The third kappa shape index (κ3) is 6.60. The zero-order chi connectivity index (χ0) is 23.2. The van der Waals surface area contributed by atoms with Gasteiger partial charge in [-0.1, -0.05) is 12.1 Å². The van der Waals surface area contributed by atoms with Crippen molar-refractivity contribution in [3.8, 4) is 0 Å². The molecule has 0 aliphatic heterocycles. The summed E-state index contributed by atoms with van der Waals surface area (Å²) in [7, 11) is 2.31. The van der Waals surface area contributed by atoms with E-state index in [0.717, 1.165) is 23.0 Å². The highest BCUT2D eigenvalue weighted by Crippen LogP contribution is 2.25. The van der Waals surface area contributed by atoms with Gasteiger partial charge in [0.1, 0.15) is 11.6 Å². The van der Waals surface area contributed by atoms with Crippen molar-refractivity contribution >= 4 is 30.8 Å². The molecular weight excluding hydrogens is 396 g/mol. The quantitative estimate of drug-likeness (QED) is 0.399. The smallest absolute Gasteiger partial charge is 0.311 e. The van der Waals surface area contributed by atoms with Crippen LogP contribution in [0, 0.1) is 5.41 Å². The van der Waals surface area contributed by atoms with Gasteiger partial charge in [-0.3, -0.25) is 0 Å². The van der Waals surface area contributed by atoms with Crippen LogP contribution in [-0.2, 0) is 4.65 Å². The Morgan fingerprint density at radius 1 is 1.23 bits per heavy atom. The zero-order valence-electron chi connectivity index (χ0n) is 19.0. The molecule has 9 heteroatoms. The number of nitrogens with zero attached hydrogens (tertiary/aromatic N) is 3. The zero-order valence-corrected chi connectivity index (χ0v) is 19.0. The molecule has 0 saturated heterocycles. The first-order valence-corrected chi connectivity index (χ1v) is 10.1. The number of anilines is 2. The molecule has 1 atom stereocenters. The molecule has 2 aromatic heterocycles. The minimum Gasteiger partial charge on any atom is -0.427 e. The largest absolute Gasteiger partial charge is 0.427 e. The normalized spacial score (nSPS) is 13.5. The standard InChI is InChI=1S/C22H31BFN5O2/c1-15(16-7-9-19(26-12-16)27-14-18(24)11-25)29(6)20-10-8-17(13-28-20)23-31-22(4,5)21(2,3)30/h7-15,23,25,30H,1-6H3,(H,26,27)/b18-14+,25-11?/t15-/m0/s1. The van der Waals surface area contributed by atoms with Gasteiger partial charge in [0.2, 0.25) is 0 Å². The van der Waals surface area contributed by atoms with Crippen molar-refractivity contribution in [2.75, 3.05) is 17.3 Å². The third-order valence-corrected chi connectivity index (χ3v) is 5.59. The lowest BCUT2D eigenvalue weighted by molar-refractivity contribution is -0.0893. The first kappa shape index (κ1) is 24.5. The van der Waals surface area contributed by atoms with Crippen molar-refractivity contribution in [3.05, 3.63) is 54.2 Å². The van der Waals surface area contributed by atoms with E-state index in [1.54, 1.807) is 32.3 Å². The molecule has 0 aromatic carbocycles. The van der Waals surface area contributed by atoms with E-state index in [1.165, 1.54) is 0 Å². The topological polar surface area (TPSA) is 94.4 Å². The lowest BCUT2D eigenvalue weighted by Crippen LogP contribution is -2.49. The predicted molar refractivity (Wildman–Crippen MR) is 125 cm³/mol. The van der Waals surface area contributed by atoms with Crippen molar-refractivity contribution in [2.45, 2.75) is 51.9 Å². The summed E-state index contributed by atoms with van der Waals surface area (Å²) in [6.45, 7) is 9.23. The molecule has 31 heavy (non-hydrogen) atoms. The Balaban J connectivity index is 2.01. The highest BCUT2D eigenvalue weighted by molar-refractivity contribution is 6.46. The average Bonchev–Trinajstić information content (AvgIpc) is 2.75. The molecule has 0 aliphatic carbocycles. The van der Waals surface area contributed by atoms with Crippen LogP contribution in [0.2, 0.25) is 0 Å². The molecule has 7 nitrogen and oxygen atoms in total. The van der Waals surface area contributed by atoms with Crippen LogP contribution < -0.4 is 15.7 Å². The van der Waals surface area contributed by atoms with E-state index in [2.05, 4.69) is 15.3 Å². The third-order valence-electron chi connectivity index (χ3n) is 5.59. The lowest BCUT2D eigenvalue weighted by Gasteiger charge is -2.37. The van der Waals surface area contributed by atoms with Gasteiger partial charge in [-0.15, -0.1) is 0 Å². The SMILES string of the molecule is C[C@@H](c1ccc(N/C=C(/F)C=N)nc1)N(C)c1ccc(BOC(C)(C)C(C)(C)O)cn1. The Morgan fingerprint density at radius 3 is 2.45 bits per heavy atom. The summed E-state index contributed by atoms with van der Waals surface area (Å²) < 4.78 is 18.9. The van der Waals surface area contributed by atoms with E-state index in [1.807, 2.05) is 50.9 Å². The van der Waals surface area contributed by atoms with Gasteiger partial charge in [0, 0.05) is 25.6 Å². The summed E-state index contributed by atoms with van der Waals surface area (Å²) in [4.78, 5) is 10.9. The summed E-state index contributed by atoms with van der Waals surface area (Å²) in [5.74, 6) is 0.616. The van der Waals surface area contributed by atoms with Crippen molar-refractivity contribution in [3.63, 3.8) is 0 Å². The molecule has 0 unspecified atom stereocenters. The maximum Gasteiger partial charge on any atom is 0.311 e. The molecule has 2 rings (SSSR count). The van der Waals surface area contributed by atoms with Crippen LogP contribution in [0.15, 0.2) is 48.7 Å². The predicted octanol–water partition coefficient (Wildman–Crippen LogP) is 3.09. The number of hydrogen-bond acceptors (Lipinski definition) is 7. The van der Waals surface area contributed by atoms with Gasteiger partial charge in [0.05, 0.1) is 23.5 Å². The van der Waals surface area contributed by atoms with E-state index in [9.17, 15) is 9.50 Å². The first-order chi connectivity index (χ1) is 14.4. The minimum absolute atomic E-state index is 0.0131. The second-order valence-corrected chi connectivity index (χ2v) is 8.46. The summed E-state index contributed by atoms with van der Waals surface area (Å²) in [6.07, 6.45) is 5.20. The molecule has 166 valence electrons. The van der Waals surface area contributed by atoms with Gasteiger partial charge < -0.3 is 25.4 Å². The summed E-state index contributed by atoms with van der Waals surface area (Å²) in [6, 6.07) is 7.57. The maximum atomic E-state index is 13.0. The van der Waals surface area contributed by atoms with E-state index in [-0.39, 0.29) is 6.04 Å². The van der Waals surface area contributed by atoms with E-state index in [4.69, 9.17) is 10.1 Å². The lowest BCUT2D eigenvalue weighted by atomic mass is 9.83. The van der Waals surface area contributed by atoms with E-state index >= 15 is 0 Å². The van der Waals surface area contributed by atoms with Crippen molar-refractivity contribution in [1.29, 1.82) is 5.41 Å². The van der Waals surface area contributed by atoms with Crippen molar-refractivity contribution in [1.82, 2.24) is 9.97 Å². The number of nitrogens with one attached hydrogen (secondary N) is 2. The average molecular weight is 427 g/mol. The van der Waals surface area contributed by atoms with Crippen LogP contribution in [0.3, 0.4) is 0 Å². The van der Waals surface area contributed by atoms with Crippen LogP contribution in [0.4, 0.5) is 16.0 Å². The molecule has 0 bridgehead atoms. The summed E-state index contributed by atoms with van der Waals surface area (Å²) in [5.41, 5.74) is 0.251. The molecule has 0 radical (unpaired) electrons. The summed E-state index contributed by atoms with van der Waals surface area (Å²) >= 11 is 0. The Hall–Kier alpha value is -2.78. The van der Waals surface area contributed by atoms with Crippen LogP contribution >= 0.6 is 0 Å². The second kappa shape index (κ2) is 10.0. The fourth-order valence-corrected chi connectivity index (χ4v) is 2.50. The number of allylic oxidation sites excluding steroid dienone is 1. The van der Waals surface area contributed by atoms with E-state index in [0.29, 0.717) is 19.5 Å². The van der Waals surface area contributed by atoms with Gasteiger partial charge in [-0.25, -0.2) is 14.4 Å². The van der Waals surface area contributed by atoms with Gasteiger partial charge in [0.15, 0.2) is 5.83 Å². The molecule has 2 aromatic rings. The highest BCUT2D eigenvalue weighted by Gasteiger charge is 2.35. The van der Waals surface area contributed by atoms with Gasteiger partial charge >= 0.3 is 7.48 Å². The van der Waals surface area contributed by atoms with Crippen LogP contribution in [-0.4, -0.2) is 47.0 Å². The molecule has 0 saturated carbocycles. The Labute approximate surface area is 184 Å². The van der Waals surface area contributed by atoms with Crippen molar-refractivity contribution in [2.24, 2.45) is 0 Å². The summed E-state index contributed by atoms with van der Waals surface area (Å²) in [5, 5.41) is 19.7. The maximum absolute atomic E-state index is 13.0. The fraction of sp³-hybridized carbons (Fsp3) is 0.409. The van der Waals surface area contributed by atoms with Crippen LogP contribution in [0.5, 0.6) is 0 Å². The number of hydrogen-bond donors (Lipinski definition) is 3. The number of halogens is 1. The number of aromatic nitrogens is 2. The monoisotopic (exact) mass is 427 g/mol. The molecule has 0 amide bonds. The molecule has 0 aliphatic rings. The molecular formula is C22H31BFN5O2. The van der Waals surface area contributed by atoms with Gasteiger partial charge in [-0.2, -0.15) is 0 Å². The number of aliphatic hydroxyl groups is 1. The second-order valence-electron chi connectivity index (χ2n) is 8.46. The first-order valence-electron chi connectivity index (χ1n) is 10.1. The molecule has 2 heterocycles. The molecule has 0 fully saturated rings. The number of pyridine rings is 2. The van der Waals surface area contributed by atoms with Gasteiger partial charge in [-0.05, 0) is 57.8 Å². The van der Waals surface area contributed by atoms with Crippen molar-refractivity contribution < 1.29 is 14.2 Å². The Bertz CT molecular complexity index is 896. The van der Waals surface area contributed by atoms with Crippen LogP contribution in [0.25, 0.3) is 0 Å². The molecule has 0 spiro atoms. The highest BCUT2D eigenvalue weighted by atomic mass is 19.1. The van der Waals surface area contributed by atoms with E-state index < -0.39 is 17.0 Å². The van der Waals surface area contributed by atoms with Crippen LogP contribution in [0.1, 0.15) is 46.2 Å². The molecule has 3 N–H and O–H groups in total.